The number of carbonyl (C=O) groups is 1. The highest BCUT2D eigenvalue weighted by Crippen LogP contribution is 2.18. The third-order valence-corrected chi connectivity index (χ3v) is 5.09. The molecular weight excluding hydrogens is 350 g/mol. The van der Waals surface area contributed by atoms with Gasteiger partial charge in [-0.3, -0.25) is 0 Å². The van der Waals surface area contributed by atoms with Crippen molar-refractivity contribution in [1.82, 2.24) is 10.2 Å². The number of aryl methyl sites for hydroxylation is 2. The molecule has 1 atom stereocenters. The number of hydrogen-bond donors (Lipinski definition) is 2. The average molecular weight is 382 g/mol. The van der Waals surface area contributed by atoms with E-state index in [2.05, 4.69) is 48.7 Å². The van der Waals surface area contributed by atoms with Gasteiger partial charge >= 0.3 is 6.03 Å². The van der Waals surface area contributed by atoms with Crippen LogP contribution >= 0.6 is 0 Å². The highest BCUT2D eigenvalue weighted by atomic mass is 16.5. The summed E-state index contributed by atoms with van der Waals surface area (Å²) in [6.07, 6.45) is 3.06. The maximum absolute atomic E-state index is 12.3. The standard InChI is InChI=1S/C23H31N3O2/c1-3-19-5-4-6-22(17-19)28-18(2)7-8-20-9-11-21(12-10-20)25-23(27)26-15-13-24-14-16-26/h4-6,9-12,17-18,24H,3,7-8,13-16H2,1-2H3,(H,25,27). The summed E-state index contributed by atoms with van der Waals surface area (Å²) in [5.74, 6) is 0.942. The predicted octanol–water partition coefficient (Wildman–Crippen LogP) is 4.09. The molecule has 28 heavy (non-hydrogen) atoms. The number of hydrogen-bond acceptors (Lipinski definition) is 3. The van der Waals surface area contributed by atoms with Crippen LogP contribution in [-0.4, -0.2) is 43.2 Å². The van der Waals surface area contributed by atoms with Gasteiger partial charge in [0.25, 0.3) is 0 Å². The molecule has 1 aliphatic rings. The molecule has 1 aliphatic heterocycles. The summed E-state index contributed by atoms with van der Waals surface area (Å²) in [6.45, 7) is 7.48. The Morgan fingerprint density at radius 2 is 1.89 bits per heavy atom. The number of nitrogens with zero attached hydrogens (tertiary/aromatic N) is 1. The normalized spacial score (nSPS) is 15.1. The van der Waals surface area contributed by atoms with Crippen molar-refractivity contribution < 1.29 is 9.53 Å². The first kappa shape index (κ1) is 20.2. The summed E-state index contributed by atoms with van der Waals surface area (Å²) in [6, 6.07) is 16.4. The highest BCUT2D eigenvalue weighted by molar-refractivity contribution is 5.89. The van der Waals surface area contributed by atoms with Crippen molar-refractivity contribution in [1.29, 1.82) is 0 Å². The SMILES string of the molecule is CCc1cccc(OC(C)CCc2ccc(NC(=O)N3CCNCC3)cc2)c1. The smallest absolute Gasteiger partial charge is 0.321 e. The molecule has 5 heteroatoms. The van der Waals surface area contributed by atoms with Crippen LogP contribution in [0, 0.1) is 0 Å². The molecule has 0 saturated carbocycles. The van der Waals surface area contributed by atoms with Gasteiger partial charge in [-0.15, -0.1) is 0 Å². The van der Waals surface area contributed by atoms with Gasteiger partial charge in [0.15, 0.2) is 0 Å². The summed E-state index contributed by atoms with van der Waals surface area (Å²) >= 11 is 0. The fourth-order valence-electron chi connectivity index (χ4n) is 3.33. The molecule has 1 unspecified atom stereocenters. The number of rotatable bonds is 7. The summed E-state index contributed by atoms with van der Waals surface area (Å²) in [5.41, 5.74) is 3.38. The fourth-order valence-corrected chi connectivity index (χ4v) is 3.33. The summed E-state index contributed by atoms with van der Waals surface area (Å²) in [7, 11) is 0. The van der Waals surface area contributed by atoms with Crippen LogP contribution in [0.15, 0.2) is 48.5 Å². The van der Waals surface area contributed by atoms with Crippen LogP contribution in [0.25, 0.3) is 0 Å². The Balaban J connectivity index is 1.45. The molecule has 2 aromatic rings. The quantitative estimate of drug-likeness (QED) is 0.760. The molecule has 0 spiro atoms. The van der Waals surface area contributed by atoms with Crippen LogP contribution in [0.3, 0.4) is 0 Å². The molecule has 150 valence electrons. The summed E-state index contributed by atoms with van der Waals surface area (Å²) in [4.78, 5) is 14.1. The molecule has 0 aliphatic carbocycles. The first-order valence-electron chi connectivity index (χ1n) is 10.2. The van der Waals surface area contributed by atoms with Gasteiger partial charge in [-0.05, 0) is 61.6 Å². The number of nitrogens with one attached hydrogen (secondary N) is 2. The van der Waals surface area contributed by atoms with Crippen molar-refractivity contribution in [2.24, 2.45) is 0 Å². The molecule has 1 fully saturated rings. The number of amides is 2. The van der Waals surface area contributed by atoms with E-state index >= 15 is 0 Å². The first-order chi connectivity index (χ1) is 13.6. The highest BCUT2D eigenvalue weighted by Gasteiger charge is 2.15. The maximum Gasteiger partial charge on any atom is 0.321 e. The molecular formula is C23H31N3O2. The Morgan fingerprint density at radius 1 is 1.14 bits per heavy atom. The lowest BCUT2D eigenvalue weighted by Gasteiger charge is -2.27. The molecule has 0 radical (unpaired) electrons. The second-order valence-electron chi connectivity index (χ2n) is 7.33. The van der Waals surface area contributed by atoms with Crippen molar-refractivity contribution in [2.75, 3.05) is 31.5 Å². The zero-order chi connectivity index (χ0) is 19.8. The van der Waals surface area contributed by atoms with Gasteiger partial charge in [-0.1, -0.05) is 31.2 Å². The monoisotopic (exact) mass is 381 g/mol. The number of ether oxygens (including phenoxy) is 1. The minimum Gasteiger partial charge on any atom is -0.491 e. The summed E-state index contributed by atoms with van der Waals surface area (Å²) in [5, 5.41) is 6.23. The Labute approximate surface area is 168 Å². The molecule has 5 nitrogen and oxygen atoms in total. The van der Waals surface area contributed by atoms with Crippen LogP contribution < -0.4 is 15.4 Å². The molecule has 2 N–H and O–H groups in total. The van der Waals surface area contributed by atoms with Gasteiger partial charge in [0.05, 0.1) is 6.10 Å². The first-order valence-corrected chi connectivity index (χ1v) is 10.2. The van der Waals surface area contributed by atoms with Crippen LogP contribution in [0.4, 0.5) is 10.5 Å². The third kappa shape index (κ3) is 5.99. The number of anilines is 1. The molecule has 0 aromatic heterocycles. The minimum absolute atomic E-state index is 0.0226. The Hall–Kier alpha value is -2.53. The lowest BCUT2D eigenvalue weighted by atomic mass is 10.1. The van der Waals surface area contributed by atoms with E-state index in [1.54, 1.807) is 0 Å². The van der Waals surface area contributed by atoms with Gasteiger partial charge in [0.2, 0.25) is 0 Å². The number of piperazine rings is 1. The van der Waals surface area contributed by atoms with Crippen molar-refractivity contribution in [3.05, 3.63) is 59.7 Å². The van der Waals surface area contributed by atoms with Gasteiger partial charge < -0.3 is 20.3 Å². The third-order valence-electron chi connectivity index (χ3n) is 5.09. The minimum atomic E-state index is -0.0226. The van der Waals surface area contributed by atoms with Crippen molar-refractivity contribution in [3.63, 3.8) is 0 Å². The zero-order valence-electron chi connectivity index (χ0n) is 16.9. The van der Waals surface area contributed by atoms with Gasteiger partial charge in [0.1, 0.15) is 5.75 Å². The van der Waals surface area contributed by atoms with Gasteiger partial charge in [-0.25, -0.2) is 4.79 Å². The van der Waals surface area contributed by atoms with Gasteiger partial charge in [-0.2, -0.15) is 0 Å². The van der Waals surface area contributed by atoms with Gasteiger partial charge in [0, 0.05) is 31.9 Å². The maximum atomic E-state index is 12.3. The van der Waals surface area contributed by atoms with Crippen molar-refractivity contribution in [3.8, 4) is 5.75 Å². The molecule has 1 saturated heterocycles. The van der Waals surface area contributed by atoms with E-state index in [9.17, 15) is 4.79 Å². The zero-order valence-corrected chi connectivity index (χ0v) is 16.9. The van der Waals surface area contributed by atoms with E-state index in [1.807, 2.05) is 29.2 Å². The topological polar surface area (TPSA) is 53.6 Å². The molecule has 1 heterocycles. The van der Waals surface area contributed by atoms with Crippen LogP contribution in [0.2, 0.25) is 0 Å². The van der Waals surface area contributed by atoms with Crippen LogP contribution in [0.1, 0.15) is 31.4 Å². The molecule has 2 aromatic carbocycles. The molecule has 3 rings (SSSR count). The molecule has 0 bridgehead atoms. The van der Waals surface area contributed by atoms with E-state index in [4.69, 9.17) is 4.74 Å². The molecule has 2 amide bonds. The second kappa shape index (κ2) is 10.1. The lowest BCUT2D eigenvalue weighted by molar-refractivity contribution is 0.204. The van der Waals surface area contributed by atoms with E-state index < -0.39 is 0 Å². The van der Waals surface area contributed by atoms with Crippen LogP contribution in [-0.2, 0) is 12.8 Å². The van der Waals surface area contributed by atoms with E-state index in [-0.39, 0.29) is 12.1 Å². The Kier molecular flexibility index (Phi) is 7.31. The lowest BCUT2D eigenvalue weighted by Crippen LogP contribution is -2.48. The number of urea groups is 1. The van der Waals surface area contributed by atoms with E-state index in [0.29, 0.717) is 0 Å². The Morgan fingerprint density at radius 3 is 2.61 bits per heavy atom. The second-order valence-corrected chi connectivity index (χ2v) is 7.33. The largest absolute Gasteiger partial charge is 0.491 e. The number of benzene rings is 2. The Bertz CT molecular complexity index is 755. The van der Waals surface area contributed by atoms with E-state index in [0.717, 1.165) is 56.9 Å². The van der Waals surface area contributed by atoms with E-state index in [1.165, 1.54) is 11.1 Å². The average Bonchev–Trinajstić information content (AvgIpc) is 2.74. The van der Waals surface area contributed by atoms with Crippen molar-refractivity contribution in [2.45, 2.75) is 39.2 Å². The predicted molar refractivity (Wildman–Crippen MR) is 114 cm³/mol. The van der Waals surface area contributed by atoms with Crippen molar-refractivity contribution >= 4 is 11.7 Å². The van der Waals surface area contributed by atoms with Crippen LogP contribution in [0.5, 0.6) is 5.75 Å². The fraction of sp³-hybridized carbons (Fsp3) is 0.435. The number of carbonyl (C=O) groups excluding carboxylic acids is 1. The summed E-state index contributed by atoms with van der Waals surface area (Å²) < 4.78 is 6.05.